The van der Waals surface area contributed by atoms with E-state index in [2.05, 4.69) is 30.9 Å². The number of hydrogen-bond donors (Lipinski definition) is 2. The van der Waals surface area contributed by atoms with Gasteiger partial charge in [0.25, 0.3) is 0 Å². The third-order valence-corrected chi connectivity index (χ3v) is 9.51. The molecule has 3 nitrogen and oxygen atoms in total. The molecule has 0 bridgehead atoms. The van der Waals surface area contributed by atoms with Gasteiger partial charge in [0.1, 0.15) is 0 Å². The first-order valence-corrected chi connectivity index (χ1v) is 13.5. The van der Waals surface area contributed by atoms with Crippen molar-refractivity contribution in [1.82, 2.24) is 4.90 Å². The fourth-order valence-corrected chi connectivity index (χ4v) is 7.96. The molecular formula is C28H45F2NO2. The molecule has 0 aromatic carbocycles. The van der Waals surface area contributed by atoms with Crippen LogP contribution >= 0.6 is 0 Å². The monoisotopic (exact) mass is 465 g/mol. The standard InChI is InChI=1S/C28H45F2NO2/c1-19(17-31-13-11-20(18-31)6-10-27(29)30)25-8-9-26-22(4-3-12-28(25,26)2)7-5-21-14-23(32)16-24(33)15-21/h5,7,19-20,23-27,32-33H,3-4,6,8-18H2,1-2H3/t19?,20?,23-,24-,25-,26+,28-/m1/s1. The quantitative estimate of drug-likeness (QED) is 0.487. The Morgan fingerprint density at radius 1 is 1.12 bits per heavy atom. The summed E-state index contributed by atoms with van der Waals surface area (Å²) in [5.74, 6) is 2.45. The van der Waals surface area contributed by atoms with Crippen molar-refractivity contribution in [3.63, 3.8) is 0 Å². The smallest absolute Gasteiger partial charge is 0.238 e. The Labute approximate surface area is 199 Å². The molecule has 3 saturated carbocycles. The summed E-state index contributed by atoms with van der Waals surface area (Å²) in [5, 5.41) is 20.0. The van der Waals surface area contributed by atoms with E-state index in [1.165, 1.54) is 37.7 Å². The SMILES string of the molecule is CC(CN1CCC(CCC(F)F)C1)[C@H]1CC[C@H]2C(=CC=C3C[C@@H](O)C[C@H](O)C3)CCC[C@]12C. The average Bonchev–Trinajstić information content (AvgIpc) is 3.33. The summed E-state index contributed by atoms with van der Waals surface area (Å²) >= 11 is 0. The predicted molar refractivity (Wildman–Crippen MR) is 129 cm³/mol. The number of alkyl halides is 2. The summed E-state index contributed by atoms with van der Waals surface area (Å²) in [6.45, 7) is 8.13. The van der Waals surface area contributed by atoms with Crippen LogP contribution in [0, 0.1) is 29.1 Å². The zero-order chi connectivity index (χ0) is 23.6. The van der Waals surface area contributed by atoms with E-state index < -0.39 is 18.6 Å². The molecule has 1 saturated heterocycles. The maximum absolute atomic E-state index is 12.6. The minimum absolute atomic E-state index is 0.0552. The Kier molecular flexibility index (Phi) is 8.34. The second-order valence-corrected chi connectivity index (χ2v) is 12.0. The molecule has 4 fully saturated rings. The van der Waals surface area contributed by atoms with Crippen LogP contribution in [0.2, 0.25) is 0 Å². The van der Waals surface area contributed by atoms with Gasteiger partial charge in [-0.15, -0.1) is 0 Å². The maximum atomic E-state index is 12.6. The van der Waals surface area contributed by atoms with Crippen molar-refractivity contribution in [2.24, 2.45) is 29.1 Å². The van der Waals surface area contributed by atoms with Crippen molar-refractivity contribution < 1.29 is 19.0 Å². The number of allylic oxidation sites excluding steroid dienone is 3. The first-order valence-electron chi connectivity index (χ1n) is 13.5. The van der Waals surface area contributed by atoms with E-state index in [0.717, 1.165) is 32.0 Å². The Morgan fingerprint density at radius 3 is 2.61 bits per heavy atom. The highest BCUT2D eigenvalue weighted by molar-refractivity contribution is 5.26. The van der Waals surface area contributed by atoms with Crippen molar-refractivity contribution in [2.75, 3.05) is 19.6 Å². The first-order chi connectivity index (χ1) is 15.7. The van der Waals surface area contributed by atoms with Crippen LogP contribution in [0.3, 0.4) is 0 Å². The Bertz CT molecular complexity index is 711. The molecule has 2 N–H and O–H groups in total. The van der Waals surface area contributed by atoms with Crippen LogP contribution in [-0.2, 0) is 0 Å². The van der Waals surface area contributed by atoms with Crippen LogP contribution in [0.5, 0.6) is 0 Å². The normalized spacial score (nSPS) is 39.9. The molecule has 188 valence electrons. The zero-order valence-corrected chi connectivity index (χ0v) is 20.7. The molecule has 33 heavy (non-hydrogen) atoms. The van der Waals surface area contributed by atoms with E-state index in [-0.39, 0.29) is 6.42 Å². The van der Waals surface area contributed by atoms with Crippen LogP contribution in [0.25, 0.3) is 0 Å². The lowest BCUT2D eigenvalue weighted by molar-refractivity contribution is 0.0609. The van der Waals surface area contributed by atoms with Gasteiger partial charge in [-0.1, -0.05) is 37.1 Å². The van der Waals surface area contributed by atoms with Gasteiger partial charge >= 0.3 is 0 Å². The van der Waals surface area contributed by atoms with E-state index in [1.807, 2.05) is 0 Å². The largest absolute Gasteiger partial charge is 0.393 e. The molecular weight excluding hydrogens is 420 g/mol. The lowest BCUT2D eigenvalue weighted by Crippen LogP contribution is -2.39. The first kappa shape index (κ1) is 25.3. The molecule has 3 aliphatic carbocycles. The van der Waals surface area contributed by atoms with Crippen molar-refractivity contribution in [3.05, 3.63) is 23.3 Å². The molecule has 2 unspecified atom stereocenters. The van der Waals surface area contributed by atoms with Gasteiger partial charge < -0.3 is 15.1 Å². The number of hydrogen-bond acceptors (Lipinski definition) is 3. The molecule has 0 aromatic rings. The lowest BCUT2D eigenvalue weighted by atomic mass is 9.61. The molecule has 1 aliphatic heterocycles. The molecule has 5 heteroatoms. The minimum atomic E-state index is -2.16. The van der Waals surface area contributed by atoms with Crippen molar-refractivity contribution in [3.8, 4) is 0 Å². The average molecular weight is 466 g/mol. The van der Waals surface area contributed by atoms with Crippen LogP contribution in [-0.4, -0.2) is 53.4 Å². The Hall–Kier alpha value is -0.780. The number of nitrogens with zero attached hydrogens (tertiary/aromatic N) is 1. The molecule has 4 aliphatic rings. The third-order valence-electron chi connectivity index (χ3n) is 9.51. The number of rotatable bonds is 7. The molecule has 7 atom stereocenters. The van der Waals surface area contributed by atoms with E-state index in [4.69, 9.17) is 0 Å². The fourth-order valence-electron chi connectivity index (χ4n) is 7.96. The van der Waals surface area contributed by atoms with E-state index >= 15 is 0 Å². The molecule has 4 rings (SSSR count). The van der Waals surface area contributed by atoms with Gasteiger partial charge in [-0.2, -0.15) is 0 Å². The van der Waals surface area contributed by atoms with Crippen molar-refractivity contribution in [1.29, 1.82) is 0 Å². The molecule has 0 aromatic heterocycles. The number of aliphatic hydroxyl groups is 2. The molecule has 0 spiro atoms. The summed E-state index contributed by atoms with van der Waals surface area (Å²) in [5.41, 5.74) is 3.11. The van der Waals surface area contributed by atoms with Crippen LogP contribution in [0.1, 0.15) is 84.5 Å². The number of fused-ring (bicyclic) bond motifs is 1. The maximum Gasteiger partial charge on any atom is 0.238 e. The Balaban J connectivity index is 1.36. The summed E-state index contributed by atoms with van der Waals surface area (Å²) in [4.78, 5) is 2.54. The van der Waals surface area contributed by atoms with Gasteiger partial charge in [0.05, 0.1) is 12.2 Å². The minimum Gasteiger partial charge on any atom is -0.393 e. The molecule has 1 heterocycles. The van der Waals surface area contributed by atoms with Gasteiger partial charge in [0, 0.05) is 19.5 Å². The van der Waals surface area contributed by atoms with Crippen LogP contribution < -0.4 is 0 Å². The Morgan fingerprint density at radius 2 is 1.88 bits per heavy atom. The molecule has 0 amide bonds. The van der Waals surface area contributed by atoms with Crippen molar-refractivity contribution >= 4 is 0 Å². The molecule has 0 radical (unpaired) electrons. The van der Waals surface area contributed by atoms with Crippen LogP contribution in [0.15, 0.2) is 23.3 Å². The highest BCUT2D eigenvalue weighted by atomic mass is 19.3. The highest BCUT2D eigenvalue weighted by Gasteiger charge is 2.50. The summed E-state index contributed by atoms with van der Waals surface area (Å²) < 4.78 is 25.2. The van der Waals surface area contributed by atoms with Gasteiger partial charge in [-0.05, 0) is 99.8 Å². The number of likely N-dealkylation sites (tertiary alicyclic amines) is 1. The van der Waals surface area contributed by atoms with Crippen LogP contribution in [0.4, 0.5) is 8.78 Å². The second kappa shape index (κ2) is 10.9. The fraction of sp³-hybridized carbons (Fsp3) is 0.857. The topological polar surface area (TPSA) is 43.7 Å². The van der Waals surface area contributed by atoms with Crippen molar-refractivity contribution in [2.45, 2.75) is 103 Å². The summed E-state index contributed by atoms with van der Waals surface area (Å²) in [7, 11) is 0. The van der Waals surface area contributed by atoms with E-state index in [9.17, 15) is 19.0 Å². The lowest BCUT2D eigenvalue weighted by Gasteiger charge is -2.45. The number of aliphatic hydroxyl groups excluding tert-OH is 2. The summed E-state index contributed by atoms with van der Waals surface area (Å²) in [6.07, 6.45) is 11.5. The van der Waals surface area contributed by atoms with E-state index in [0.29, 0.717) is 48.9 Å². The van der Waals surface area contributed by atoms with Gasteiger partial charge in [-0.25, -0.2) is 8.78 Å². The highest BCUT2D eigenvalue weighted by Crippen LogP contribution is 2.59. The second-order valence-electron chi connectivity index (χ2n) is 12.0. The third kappa shape index (κ3) is 6.08. The van der Waals surface area contributed by atoms with Gasteiger partial charge in [0.15, 0.2) is 0 Å². The number of halogens is 2. The van der Waals surface area contributed by atoms with E-state index in [1.54, 1.807) is 5.57 Å². The summed E-state index contributed by atoms with van der Waals surface area (Å²) in [6, 6.07) is 0. The van der Waals surface area contributed by atoms with Gasteiger partial charge in [-0.3, -0.25) is 0 Å². The van der Waals surface area contributed by atoms with Gasteiger partial charge in [0.2, 0.25) is 6.43 Å². The zero-order valence-electron chi connectivity index (χ0n) is 20.7. The predicted octanol–water partition coefficient (Wildman–Crippen LogP) is 5.96.